The van der Waals surface area contributed by atoms with E-state index in [0.29, 0.717) is 13.1 Å². The van der Waals surface area contributed by atoms with Crippen molar-refractivity contribution in [2.24, 2.45) is 0 Å². The second-order valence-electron chi connectivity index (χ2n) is 6.58. The minimum atomic E-state index is -4.03. The van der Waals surface area contributed by atoms with Gasteiger partial charge >= 0.3 is 0 Å². The third kappa shape index (κ3) is 4.14. The minimum absolute atomic E-state index is 0.0277. The zero-order valence-electron chi connectivity index (χ0n) is 15.1. The molecule has 0 radical (unpaired) electrons. The Hall–Kier alpha value is -2.06. The van der Waals surface area contributed by atoms with Gasteiger partial charge in [-0.2, -0.15) is 0 Å². The van der Waals surface area contributed by atoms with Crippen molar-refractivity contribution in [3.8, 4) is 0 Å². The fourth-order valence-electron chi connectivity index (χ4n) is 3.19. The number of hydrogen-bond donors (Lipinski definition) is 1. The number of nitrogens with zero attached hydrogens (tertiary/aromatic N) is 1. The fourth-order valence-corrected chi connectivity index (χ4v) is 5.93. The van der Waals surface area contributed by atoms with Crippen molar-refractivity contribution in [2.45, 2.75) is 17.9 Å². The average Bonchev–Trinajstić information content (AvgIpc) is 3.17. The summed E-state index contributed by atoms with van der Waals surface area (Å²) in [6.07, 6.45) is 0.797. The molecule has 3 aromatic rings. The molecular weight excluding hydrogens is 451 g/mol. The van der Waals surface area contributed by atoms with E-state index in [9.17, 15) is 13.2 Å². The molecule has 1 aliphatic heterocycles. The van der Waals surface area contributed by atoms with Crippen LogP contribution in [-0.2, 0) is 23.0 Å². The molecule has 2 heterocycles. The van der Waals surface area contributed by atoms with Crippen molar-refractivity contribution in [2.75, 3.05) is 11.3 Å². The maximum atomic E-state index is 13.0. The third-order valence-corrected chi connectivity index (χ3v) is 7.88. The summed E-state index contributed by atoms with van der Waals surface area (Å²) in [7, 11) is -4.03. The standard InChI is InChI=1S/C20H16Cl2N2O3S2/c21-15-3-1-2-4-17(15)23-29(26,27)19-11-13(5-6-16(19)22)20(25)24-9-7-18-14(12-24)8-10-28-18/h1-6,8,10-11,23H,7,9,12H2. The molecule has 0 saturated heterocycles. The van der Waals surface area contributed by atoms with Gasteiger partial charge in [-0.3, -0.25) is 9.52 Å². The number of amides is 1. The summed E-state index contributed by atoms with van der Waals surface area (Å²) in [6, 6.07) is 12.8. The maximum absolute atomic E-state index is 13.0. The highest BCUT2D eigenvalue weighted by Crippen LogP contribution is 2.30. The number of rotatable bonds is 4. The molecule has 9 heteroatoms. The first-order chi connectivity index (χ1) is 13.8. The van der Waals surface area contributed by atoms with E-state index < -0.39 is 10.0 Å². The van der Waals surface area contributed by atoms with Crippen LogP contribution in [0, 0.1) is 0 Å². The predicted molar refractivity (Wildman–Crippen MR) is 116 cm³/mol. The van der Waals surface area contributed by atoms with Crippen LogP contribution in [0.4, 0.5) is 5.69 Å². The van der Waals surface area contributed by atoms with E-state index in [0.717, 1.165) is 12.0 Å². The summed E-state index contributed by atoms with van der Waals surface area (Å²) >= 11 is 13.9. The van der Waals surface area contributed by atoms with Gasteiger partial charge in [0.2, 0.25) is 0 Å². The van der Waals surface area contributed by atoms with Crippen LogP contribution in [0.2, 0.25) is 10.0 Å². The van der Waals surface area contributed by atoms with Crippen molar-refractivity contribution in [3.05, 3.63) is 80.0 Å². The van der Waals surface area contributed by atoms with Crippen molar-refractivity contribution >= 4 is 56.2 Å². The maximum Gasteiger partial charge on any atom is 0.263 e. The smallest absolute Gasteiger partial charge is 0.263 e. The second-order valence-corrected chi connectivity index (χ2v) is 10.0. The Morgan fingerprint density at radius 1 is 1.07 bits per heavy atom. The predicted octanol–water partition coefficient (Wildman–Crippen LogP) is 5.05. The van der Waals surface area contributed by atoms with Gasteiger partial charge in [0.1, 0.15) is 4.90 Å². The van der Waals surface area contributed by atoms with E-state index in [1.807, 2.05) is 11.4 Å². The lowest BCUT2D eigenvalue weighted by Crippen LogP contribution is -2.35. The molecule has 150 valence electrons. The van der Waals surface area contributed by atoms with E-state index in [1.54, 1.807) is 46.6 Å². The Bertz CT molecular complexity index is 1190. The number of benzene rings is 2. The Kier molecular flexibility index (Phi) is 5.57. The molecule has 0 fully saturated rings. The van der Waals surface area contributed by atoms with Crippen LogP contribution in [0.15, 0.2) is 58.8 Å². The number of hydrogen-bond acceptors (Lipinski definition) is 4. The van der Waals surface area contributed by atoms with Gasteiger partial charge in [0.25, 0.3) is 15.9 Å². The summed E-state index contributed by atoms with van der Waals surface area (Å²) in [5.74, 6) is -0.229. The number of sulfonamides is 1. The number of para-hydroxylation sites is 1. The summed E-state index contributed by atoms with van der Waals surface area (Å²) in [6.45, 7) is 1.11. The highest BCUT2D eigenvalue weighted by Gasteiger charge is 2.25. The SMILES string of the molecule is O=C(c1ccc(Cl)c(S(=O)(=O)Nc2ccccc2Cl)c1)N1CCc2sccc2C1. The lowest BCUT2D eigenvalue weighted by atomic mass is 10.1. The van der Waals surface area contributed by atoms with Gasteiger partial charge in [0.15, 0.2) is 0 Å². The Morgan fingerprint density at radius 2 is 1.86 bits per heavy atom. The molecule has 0 spiro atoms. The quantitative estimate of drug-likeness (QED) is 0.584. The van der Waals surface area contributed by atoms with Gasteiger partial charge in [-0.25, -0.2) is 8.42 Å². The highest BCUT2D eigenvalue weighted by molar-refractivity contribution is 7.92. The molecule has 5 nitrogen and oxygen atoms in total. The molecule has 0 unspecified atom stereocenters. The van der Waals surface area contributed by atoms with E-state index in [1.165, 1.54) is 17.0 Å². The summed E-state index contributed by atoms with van der Waals surface area (Å²) < 4.78 is 28.2. The summed E-state index contributed by atoms with van der Waals surface area (Å²) in [4.78, 5) is 15.8. The van der Waals surface area contributed by atoms with Crippen molar-refractivity contribution < 1.29 is 13.2 Å². The van der Waals surface area contributed by atoms with Gasteiger partial charge in [-0.05, 0) is 53.8 Å². The molecule has 0 saturated carbocycles. The Labute approximate surface area is 182 Å². The van der Waals surface area contributed by atoms with Gasteiger partial charge in [-0.1, -0.05) is 35.3 Å². The van der Waals surface area contributed by atoms with Crippen LogP contribution in [0.3, 0.4) is 0 Å². The van der Waals surface area contributed by atoms with Crippen LogP contribution in [0.1, 0.15) is 20.8 Å². The van der Waals surface area contributed by atoms with E-state index in [2.05, 4.69) is 4.72 Å². The molecule has 2 aromatic carbocycles. The lowest BCUT2D eigenvalue weighted by molar-refractivity contribution is 0.0735. The van der Waals surface area contributed by atoms with Gasteiger partial charge in [-0.15, -0.1) is 11.3 Å². The van der Waals surface area contributed by atoms with Crippen LogP contribution >= 0.6 is 34.5 Å². The molecule has 1 N–H and O–H groups in total. The zero-order chi connectivity index (χ0) is 20.6. The normalized spacial score (nSPS) is 13.8. The van der Waals surface area contributed by atoms with E-state index in [4.69, 9.17) is 23.2 Å². The molecular formula is C20H16Cl2N2O3S2. The molecule has 0 bridgehead atoms. The lowest BCUT2D eigenvalue weighted by Gasteiger charge is -2.27. The topological polar surface area (TPSA) is 66.5 Å². The first-order valence-corrected chi connectivity index (χ1v) is 11.9. The number of fused-ring (bicyclic) bond motifs is 1. The molecule has 0 aliphatic carbocycles. The largest absolute Gasteiger partial charge is 0.334 e. The van der Waals surface area contributed by atoms with Crippen molar-refractivity contribution in [1.29, 1.82) is 0 Å². The second kappa shape index (κ2) is 7.99. The zero-order valence-corrected chi connectivity index (χ0v) is 18.2. The number of thiophene rings is 1. The van der Waals surface area contributed by atoms with Crippen molar-refractivity contribution in [1.82, 2.24) is 4.90 Å². The molecule has 1 aliphatic rings. The number of halogens is 2. The first-order valence-electron chi connectivity index (χ1n) is 8.76. The Morgan fingerprint density at radius 3 is 2.66 bits per heavy atom. The van der Waals surface area contributed by atoms with Crippen LogP contribution < -0.4 is 4.72 Å². The third-order valence-electron chi connectivity index (χ3n) is 4.68. The molecule has 1 aromatic heterocycles. The molecule has 1 amide bonds. The Balaban J connectivity index is 1.62. The van der Waals surface area contributed by atoms with Gasteiger partial charge < -0.3 is 4.90 Å². The van der Waals surface area contributed by atoms with Crippen LogP contribution in [0.5, 0.6) is 0 Å². The summed E-state index contributed by atoms with van der Waals surface area (Å²) in [5.41, 5.74) is 1.65. The molecule has 0 atom stereocenters. The van der Waals surface area contributed by atoms with E-state index >= 15 is 0 Å². The number of nitrogens with one attached hydrogen (secondary N) is 1. The van der Waals surface area contributed by atoms with Gasteiger partial charge in [0.05, 0.1) is 15.7 Å². The molecule has 29 heavy (non-hydrogen) atoms. The van der Waals surface area contributed by atoms with Gasteiger partial charge in [0, 0.05) is 23.5 Å². The number of anilines is 1. The molecule has 4 rings (SSSR count). The fraction of sp³-hybridized carbons (Fsp3) is 0.150. The highest BCUT2D eigenvalue weighted by atomic mass is 35.5. The minimum Gasteiger partial charge on any atom is -0.334 e. The van der Waals surface area contributed by atoms with E-state index in [-0.39, 0.29) is 32.1 Å². The van der Waals surface area contributed by atoms with Crippen LogP contribution in [-0.4, -0.2) is 25.8 Å². The van der Waals surface area contributed by atoms with Crippen molar-refractivity contribution in [3.63, 3.8) is 0 Å². The monoisotopic (exact) mass is 466 g/mol. The number of carbonyl (C=O) groups excluding carboxylic acids is 1. The van der Waals surface area contributed by atoms with Crippen LogP contribution in [0.25, 0.3) is 0 Å². The number of carbonyl (C=O) groups is 1. The first kappa shape index (κ1) is 20.2. The summed E-state index contributed by atoms with van der Waals surface area (Å²) in [5, 5.41) is 2.31. The average molecular weight is 467 g/mol.